The van der Waals surface area contributed by atoms with Crippen molar-refractivity contribution in [2.24, 2.45) is 5.73 Å². The second kappa shape index (κ2) is 18.1. The van der Waals surface area contributed by atoms with Gasteiger partial charge in [0.25, 0.3) is 5.56 Å². The van der Waals surface area contributed by atoms with Gasteiger partial charge in [-0.15, -0.1) is 0 Å². The standard InChI is InChI=1S/C32H50N6O7/c1-21-17-23-24(18-22(21)2)38(19-25(40)29(43)26(41)20-39)30-28(35-23)31(44)37(32(45)36-30)16-12-8-6-4-3-5-7-9-13-27(42)34-15-11-10-14-33/h17-18,25-26,29,39-41,43H,3-16,19-20,33H2,1-2H3,(H,34,42)/t25-,26+,29-/m0/s1. The molecule has 0 spiro atoms. The average molecular weight is 631 g/mol. The van der Waals surface area contributed by atoms with Crippen LogP contribution in [0.15, 0.2) is 21.7 Å². The van der Waals surface area contributed by atoms with Gasteiger partial charge in [-0.1, -0.05) is 38.5 Å². The van der Waals surface area contributed by atoms with Crippen LogP contribution in [-0.4, -0.2) is 83.4 Å². The molecule has 13 nitrogen and oxygen atoms in total. The summed E-state index contributed by atoms with van der Waals surface area (Å²) >= 11 is 0. The van der Waals surface area contributed by atoms with Crippen LogP contribution in [-0.2, 0) is 17.9 Å². The predicted octanol–water partition coefficient (Wildman–Crippen LogP) is 1.12. The number of benzene rings is 1. The number of fused-ring (bicyclic) bond motifs is 2. The Morgan fingerprint density at radius 1 is 0.867 bits per heavy atom. The van der Waals surface area contributed by atoms with Crippen molar-refractivity contribution >= 4 is 16.9 Å². The number of hydrogen-bond donors (Lipinski definition) is 6. The first-order chi connectivity index (χ1) is 21.6. The third-order valence-corrected chi connectivity index (χ3v) is 8.30. The summed E-state index contributed by atoms with van der Waals surface area (Å²) < 4.78 is 2.56. The summed E-state index contributed by atoms with van der Waals surface area (Å²) in [5, 5.41) is 42.9. The third kappa shape index (κ3) is 10.1. The van der Waals surface area contributed by atoms with Crippen LogP contribution in [0.25, 0.3) is 22.6 Å². The van der Waals surface area contributed by atoms with Crippen molar-refractivity contribution in [2.45, 2.75) is 116 Å². The fraction of sp³-hybridized carbons (Fsp3) is 0.656. The molecule has 0 saturated heterocycles. The summed E-state index contributed by atoms with van der Waals surface area (Å²) in [7, 11) is 0. The molecule has 0 bridgehead atoms. The Balaban J connectivity index is 1.60. The SMILES string of the molecule is Cc1cc2nc3c(=O)n(CCCCCCCCCCC(=O)NCCCCN)c(=O)nc-3n(C[C@H](O)[C@H](O)[C@H](O)CO)c2cc1C. The van der Waals surface area contributed by atoms with Crippen LogP contribution >= 0.6 is 0 Å². The zero-order chi connectivity index (χ0) is 32.9. The highest BCUT2D eigenvalue weighted by molar-refractivity contribution is 5.81. The molecule has 7 N–H and O–H groups in total. The van der Waals surface area contributed by atoms with Crippen molar-refractivity contribution < 1.29 is 25.2 Å². The van der Waals surface area contributed by atoms with Crippen molar-refractivity contribution in [3.05, 3.63) is 44.1 Å². The van der Waals surface area contributed by atoms with Gasteiger partial charge >= 0.3 is 5.69 Å². The van der Waals surface area contributed by atoms with Crippen LogP contribution in [0.4, 0.5) is 0 Å². The van der Waals surface area contributed by atoms with Crippen molar-refractivity contribution in [3.63, 3.8) is 0 Å². The Hall–Kier alpha value is -3.23. The van der Waals surface area contributed by atoms with Crippen LogP contribution in [0, 0.1) is 13.8 Å². The van der Waals surface area contributed by atoms with Gasteiger partial charge in [-0.05, 0) is 69.3 Å². The van der Waals surface area contributed by atoms with Crippen molar-refractivity contribution in [2.75, 3.05) is 19.7 Å². The zero-order valence-electron chi connectivity index (χ0n) is 26.6. The molecular weight excluding hydrogens is 580 g/mol. The smallest absolute Gasteiger partial charge is 0.352 e. The van der Waals surface area contributed by atoms with Crippen LogP contribution in [0.3, 0.4) is 0 Å². The number of aryl methyl sites for hydroxylation is 2. The Labute approximate surface area is 263 Å². The molecule has 2 aliphatic rings. The van der Waals surface area contributed by atoms with Crippen LogP contribution in [0.5, 0.6) is 0 Å². The molecule has 0 aromatic heterocycles. The summed E-state index contributed by atoms with van der Waals surface area (Å²) in [5.41, 5.74) is 6.94. The minimum atomic E-state index is -1.66. The number of carbonyl (C=O) groups is 1. The summed E-state index contributed by atoms with van der Waals surface area (Å²) in [6, 6.07) is 3.61. The Morgan fingerprint density at radius 2 is 1.51 bits per heavy atom. The molecule has 0 saturated carbocycles. The number of aliphatic hydroxyl groups excluding tert-OH is 4. The van der Waals surface area contributed by atoms with E-state index in [9.17, 15) is 34.8 Å². The zero-order valence-corrected chi connectivity index (χ0v) is 26.6. The Morgan fingerprint density at radius 3 is 2.18 bits per heavy atom. The van der Waals surface area contributed by atoms with E-state index in [4.69, 9.17) is 5.73 Å². The van der Waals surface area contributed by atoms with E-state index in [0.717, 1.165) is 73.5 Å². The summed E-state index contributed by atoms with van der Waals surface area (Å²) in [6.07, 6.45) is 5.09. The third-order valence-electron chi connectivity index (χ3n) is 8.30. The second-order valence-electron chi connectivity index (χ2n) is 11.9. The number of nitrogens with zero attached hydrogens (tertiary/aromatic N) is 4. The van der Waals surface area contributed by atoms with E-state index < -0.39 is 36.2 Å². The highest BCUT2D eigenvalue weighted by Gasteiger charge is 2.28. The molecule has 1 aromatic rings. The van der Waals surface area contributed by atoms with Crippen LogP contribution < -0.4 is 22.3 Å². The molecule has 45 heavy (non-hydrogen) atoms. The molecule has 0 aliphatic carbocycles. The van der Waals surface area contributed by atoms with E-state index in [1.807, 2.05) is 13.8 Å². The van der Waals surface area contributed by atoms with Gasteiger partial charge in [-0.2, -0.15) is 4.98 Å². The Bertz CT molecular complexity index is 1470. The van der Waals surface area contributed by atoms with Crippen LogP contribution in [0.1, 0.15) is 81.8 Å². The number of rotatable bonds is 20. The molecule has 2 heterocycles. The van der Waals surface area contributed by atoms with E-state index in [1.165, 1.54) is 4.57 Å². The normalized spacial score (nSPS) is 13.8. The van der Waals surface area contributed by atoms with Crippen LogP contribution in [0.2, 0.25) is 0 Å². The number of hydrogen-bond acceptors (Lipinski definition) is 10. The lowest BCUT2D eigenvalue weighted by atomic mass is 10.1. The van der Waals surface area contributed by atoms with Crippen molar-refractivity contribution in [3.8, 4) is 11.5 Å². The molecule has 0 unspecified atom stereocenters. The number of aromatic nitrogens is 4. The number of nitrogens with one attached hydrogen (secondary N) is 1. The molecule has 3 rings (SSSR count). The average Bonchev–Trinajstić information content (AvgIpc) is 3.02. The molecular formula is C32H50N6O7. The van der Waals surface area contributed by atoms with Gasteiger partial charge in [0.1, 0.15) is 18.3 Å². The first kappa shape index (κ1) is 36.2. The van der Waals surface area contributed by atoms with Crippen molar-refractivity contribution in [1.29, 1.82) is 0 Å². The van der Waals surface area contributed by atoms with Gasteiger partial charge in [0.2, 0.25) is 5.91 Å². The van der Waals surface area contributed by atoms with Gasteiger partial charge in [-0.3, -0.25) is 14.2 Å². The summed E-state index contributed by atoms with van der Waals surface area (Å²) in [6.45, 7) is 4.29. The number of nitrogens with two attached hydrogens (primary N) is 1. The monoisotopic (exact) mass is 630 g/mol. The predicted molar refractivity (Wildman–Crippen MR) is 172 cm³/mol. The minimum absolute atomic E-state index is 0.0224. The summed E-state index contributed by atoms with van der Waals surface area (Å²) in [4.78, 5) is 47.1. The largest absolute Gasteiger partial charge is 0.394 e. The maximum Gasteiger partial charge on any atom is 0.352 e. The molecule has 250 valence electrons. The topological polar surface area (TPSA) is 206 Å². The highest BCUT2D eigenvalue weighted by atomic mass is 16.4. The molecule has 0 fully saturated rings. The molecule has 0 radical (unpaired) electrons. The van der Waals surface area contributed by atoms with Gasteiger partial charge in [0.15, 0.2) is 11.5 Å². The minimum Gasteiger partial charge on any atom is -0.394 e. The van der Waals surface area contributed by atoms with E-state index >= 15 is 0 Å². The number of aliphatic hydroxyl groups is 4. The van der Waals surface area contributed by atoms with E-state index in [2.05, 4.69) is 15.3 Å². The van der Waals surface area contributed by atoms with Gasteiger partial charge in [-0.25, -0.2) is 9.78 Å². The lowest BCUT2D eigenvalue weighted by Crippen LogP contribution is -2.43. The van der Waals surface area contributed by atoms with E-state index in [0.29, 0.717) is 37.0 Å². The number of carbonyl (C=O) groups excluding carboxylic acids is 1. The lowest BCUT2D eigenvalue weighted by Gasteiger charge is -2.25. The molecule has 3 atom stereocenters. The maximum absolute atomic E-state index is 13.5. The van der Waals surface area contributed by atoms with E-state index in [-0.39, 0.29) is 30.5 Å². The molecule has 1 amide bonds. The first-order valence-electron chi connectivity index (χ1n) is 16.1. The van der Waals surface area contributed by atoms with Gasteiger partial charge in [0.05, 0.1) is 24.2 Å². The first-order valence-corrected chi connectivity index (χ1v) is 16.1. The lowest BCUT2D eigenvalue weighted by molar-refractivity contribution is -0.121. The number of amides is 1. The fourth-order valence-corrected chi connectivity index (χ4v) is 5.37. The maximum atomic E-state index is 13.5. The fourth-order valence-electron chi connectivity index (χ4n) is 5.37. The highest BCUT2D eigenvalue weighted by Crippen LogP contribution is 2.25. The van der Waals surface area contributed by atoms with Gasteiger partial charge in [0, 0.05) is 19.5 Å². The second-order valence-corrected chi connectivity index (χ2v) is 11.9. The quantitative estimate of drug-likeness (QED) is 0.0775. The Kier molecular flexibility index (Phi) is 14.5. The summed E-state index contributed by atoms with van der Waals surface area (Å²) in [5.74, 6) is 0.0756. The molecule has 2 aliphatic heterocycles. The molecule has 1 aromatic carbocycles. The molecule has 13 heteroatoms. The number of unbranched alkanes of at least 4 members (excludes halogenated alkanes) is 8. The van der Waals surface area contributed by atoms with Gasteiger partial charge < -0.3 is 36.0 Å². The van der Waals surface area contributed by atoms with E-state index in [1.54, 1.807) is 12.1 Å². The van der Waals surface area contributed by atoms with Crippen molar-refractivity contribution in [1.82, 2.24) is 24.4 Å².